The van der Waals surface area contributed by atoms with Gasteiger partial charge in [-0.05, 0) is 29.3 Å². The van der Waals surface area contributed by atoms with Gasteiger partial charge in [-0.3, -0.25) is 0 Å². The molecule has 0 unspecified atom stereocenters. The first kappa shape index (κ1) is 17.0. The van der Waals surface area contributed by atoms with Gasteiger partial charge in [-0.2, -0.15) is 5.26 Å². The number of ether oxygens (including phenoxy) is 1. The van der Waals surface area contributed by atoms with Gasteiger partial charge in [-0.1, -0.05) is 41.7 Å². The lowest BCUT2D eigenvalue weighted by atomic mass is 9.75. The normalized spacial score (nSPS) is 16.6. The van der Waals surface area contributed by atoms with E-state index in [2.05, 4.69) is 62.5 Å². The average Bonchev–Trinajstić information content (AvgIpc) is 3.31. The van der Waals surface area contributed by atoms with E-state index in [9.17, 15) is 0 Å². The van der Waals surface area contributed by atoms with Gasteiger partial charge in [0.1, 0.15) is 11.8 Å². The molecule has 28 heavy (non-hydrogen) atoms. The minimum absolute atomic E-state index is 0.113. The molecule has 1 fully saturated rings. The van der Waals surface area contributed by atoms with Gasteiger partial charge in [0.15, 0.2) is 0 Å². The van der Waals surface area contributed by atoms with E-state index >= 15 is 0 Å². The predicted octanol–water partition coefficient (Wildman–Crippen LogP) is 3.20. The number of anilines is 2. The number of nitriles is 1. The second kappa shape index (κ2) is 6.50. The summed E-state index contributed by atoms with van der Waals surface area (Å²) in [5.74, 6) is 0.880. The summed E-state index contributed by atoms with van der Waals surface area (Å²) in [6.07, 6.45) is 0. The van der Waals surface area contributed by atoms with Crippen molar-refractivity contribution in [1.82, 2.24) is 10.2 Å². The van der Waals surface area contributed by atoms with Gasteiger partial charge in [-0.15, -0.1) is 10.2 Å². The van der Waals surface area contributed by atoms with Gasteiger partial charge < -0.3 is 14.5 Å². The zero-order chi connectivity index (χ0) is 19.1. The van der Waals surface area contributed by atoms with Gasteiger partial charge in [0.05, 0.1) is 12.5 Å². The second-order valence-electron chi connectivity index (χ2n) is 7.36. The van der Waals surface area contributed by atoms with E-state index < -0.39 is 0 Å². The molecule has 1 saturated heterocycles. The molecular weight excluding hydrogens is 370 g/mol. The Morgan fingerprint density at radius 3 is 2.61 bits per heavy atom. The van der Waals surface area contributed by atoms with Gasteiger partial charge in [0.25, 0.3) is 0 Å². The van der Waals surface area contributed by atoms with Crippen molar-refractivity contribution in [3.8, 4) is 11.8 Å². The minimum atomic E-state index is 0.113. The topological polar surface area (TPSA) is 65.3 Å². The molecule has 140 valence electrons. The number of para-hydroxylation sites is 1. The summed E-state index contributed by atoms with van der Waals surface area (Å²) in [6, 6.07) is 19.1. The maximum absolute atomic E-state index is 8.99. The van der Waals surface area contributed by atoms with Crippen LogP contribution in [-0.4, -0.2) is 36.9 Å². The third-order valence-corrected chi connectivity index (χ3v) is 6.50. The van der Waals surface area contributed by atoms with Crippen molar-refractivity contribution in [2.75, 3.05) is 36.5 Å². The quantitative estimate of drug-likeness (QED) is 0.683. The van der Waals surface area contributed by atoms with Crippen LogP contribution in [0.4, 0.5) is 10.8 Å². The summed E-state index contributed by atoms with van der Waals surface area (Å²) in [7, 11) is 1.69. The van der Waals surface area contributed by atoms with Crippen LogP contribution >= 0.6 is 11.3 Å². The molecule has 0 bridgehead atoms. The number of hydrogen-bond acceptors (Lipinski definition) is 7. The minimum Gasteiger partial charge on any atom is -0.497 e. The number of rotatable bonds is 4. The highest BCUT2D eigenvalue weighted by Crippen LogP contribution is 2.48. The van der Waals surface area contributed by atoms with Gasteiger partial charge in [0, 0.05) is 31.9 Å². The van der Waals surface area contributed by atoms with Gasteiger partial charge in [-0.25, -0.2) is 0 Å². The summed E-state index contributed by atoms with van der Waals surface area (Å²) in [5, 5.41) is 18.3. The Morgan fingerprint density at radius 2 is 1.89 bits per heavy atom. The molecule has 1 spiro atoms. The van der Waals surface area contributed by atoms with Crippen molar-refractivity contribution in [3.05, 3.63) is 64.7 Å². The van der Waals surface area contributed by atoms with E-state index in [-0.39, 0.29) is 5.41 Å². The number of fused-ring (bicyclic) bond motifs is 2. The highest BCUT2D eigenvalue weighted by Gasteiger charge is 2.51. The van der Waals surface area contributed by atoms with Crippen LogP contribution in [-0.2, 0) is 12.0 Å². The highest BCUT2D eigenvalue weighted by atomic mass is 32.1. The molecule has 5 rings (SSSR count). The number of methoxy groups -OCH3 is 1. The van der Waals surface area contributed by atoms with Crippen LogP contribution < -0.4 is 14.5 Å². The lowest BCUT2D eigenvalue weighted by Gasteiger charge is -2.48. The van der Waals surface area contributed by atoms with Crippen LogP contribution in [0, 0.1) is 11.3 Å². The molecule has 0 saturated carbocycles. The van der Waals surface area contributed by atoms with E-state index in [1.165, 1.54) is 28.2 Å². The highest BCUT2D eigenvalue weighted by molar-refractivity contribution is 7.15. The number of nitrogens with zero attached hydrogens (tertiary/aromatic N) is 5. The lowest BCUT2D eigenvalue weighted by molar-refractivity contribution is 0.349. The fourth-order valence-electron chi connectivity index (χ4n) is 4.30. The number of benzene rings is 2. The van der Waals surface area contributed by atoms with Crippen molar-refractivity contribution in [3.63, 3.8) is 0 Å². The Morgan fingerprint density at radius 1 is 1.11 bits per heavy atom. The third-order valence-electron chi connectivity index (χ3n) is 5.61. The molecule has 3 heterocycles. The zero-order valence-corrected chi connectivity index (χ0v) is 16.3. The molecule has 0 atom stereocenters. The number of hydrogen-bond donors (Lipinski definition) is 0. The summed E-state index contributed by atoms with van der Waals surface area (Å²) in [5.41, 5.74) is 4.10. The fourth-order valence-corrected chi connectivity index (χ4v) is 4.94. The molecule has 0 radical (unpaired) electrons. The molecule has 2 aliphatic heterocycles. The van der Waals surface area contributed by atoms with E-state index in [1.54, 1.807) is 7.11 Å². The molecule has 2 aromatic carbocycles. The van der Waals surface area contributed by atoms with Crippen LogP contribution in [0.25, 0.3) is 0 Å². The van der Waals surface area contributed by atoms with Crippen LogP contribution in [0.15, 0.2) is 48.5 Å². The summed E-state index contributed by atoms with van der Waals surface area (Å²) < 4.78 is 5.27. The summed E-state index contributed by atoms with van der Waals surface area (Å²) in [4.78, 5) is 4.70. The second-order valence-corrected chi connectivity index (χ2v) is 8.32. The molecule has 3 aromatic rings. The molecule has 0 aliphatic carbocycles. The van der Waals surface area contributed by atoms with Crippen LogP contribution in [0.5, 0.6) is 5.75 Å². The smallest absolute Gasteiger partial charge is 0.219 e. The Balaban J connectivity index is 1.37. The van der Waals surface area contributed by atoms with Crippen molar-refractivity contribution in [2.24, 2.45) is 0 Å². The van der Waals surface area contributed by atoms with Gasteiger partial charge in [0.2, 0.25) is 10.1 Å². The van der Waals surface area contributed by atoms with E-state index in [0.29, 0.717) is 5.01 Å². The zero-order valence-electron chi connectivity index (χ0n) is 15.5. The van der Waals surface area contributed by atoms with Crippen LogP contribution in [0.1, 0.15) is 16.1 Å². The first-order chi connectivity index (χ1) is 13.7. The maximum atomic E-state index is 8.99. The monoisotopic (exact) mass is 389 g/mol. The summed E-state index contributed by atoms with van der Waals surface area (Å²) in [6.45, 7) is 3.67. The van der Waals surface area contributed by atoms with E-state index in [1.807, 2.05) is 12.1 Å². The Hall–Kier alpha value is -3.11. The molecule has 1 aromatic heterocycles. The first-order valence-corrected chi connectivity index (χ1v) is 9.98. The SMILES string of the molecule is COc1ccc(CN2CC3(CN(c4nnc(C#N)s4)C3)c3ccccc32)cc1. The molecule has 6 nitrogen and oxygen atoms in total. The molecular formula is C21H19N5OS. The maximum Gasteiger partial charge on any atom is 0.219 e. The fraction of sp³-hybridized carbons (Fsp3) is 0.286. The molecule has 7 heteroatoms. The van der Waals surface area contributed by atoms with E-state index in [4.69, 9.17) is 10.00 Å². The largest absolute Gasteiger partial charge is 0.497 e. The molecule has 0 amide bonds. The van der Waals surface area contributed by atoms with Crippen molar-refractivity contribution in [2.45, 2.75) is 12.0 Å². The third kappa shape index (κ3) is 2.69. The predicted molar refractivity (Wildman–Crippen MR) is 109 cm³/mol. The average molecular weight is 389 g/mol. The summed E-state index contributed by atoms with van der Waals surface area (Å²) >= 11 is 1.36. The molecule has 0 N–H and O–H groups in total. The van der Waals surface area contributed by atoms with Crippen LogP contribution in [0.2, 0.25) is 0 Å². The Kier molecular flexibility index (Phi) is 3.95. The van der Waals surface area contributed by atoms with Crippen LogP contribution in [0.3, 0.4) is 0 Å². The van der Waals surface area contributed by atoms with Crippen molar-refractivity contribution < 1.29 is 4.74 Å². The van der Waals surface area contributed by atoms with Gasteiger partial charge >= 0.3 is 0 Å². The van der Waals surface area contributed by atoms with Crippen molar-refractivity contribution in [1.29, 1.82) is 5.26 Å². The van der Waals surface area contributed by atoms with E-state index in [0.717, 1.165) is 37.1 Å². The Labute approximate surface area is 167 Å². The number of aromatic nitrogens is 2. The Bertz CT molecular complexity index is 1050. The lowest BCUT2D eigenvalue weighted by Crippen LogP contribution is -2.61. The molecule has 2 aliphatic rings. The first-order valence-electron chi connectivity index (χ1n) is 9.17. The van der Waals surface area contributed by atoms with Crippen molar-refractivity contribution >= 4 is 22.2 Å². The standard InChI is InChI=1S/C21H19N5OS/c1-27-16-8-6-15(7-9-16)11-25-12-21(17-4-2-3-5-18(17)25)13-26(14-21)20-24-23-19(10-22)28-20/h2-9H,11-14H2,1H3.